The Morgan fingerprint density at radius 3 is 2.67 bits per heavy atom. The van der Waals surface area contributed by atoms with E-state index in [0.29, 0.717) is 0 Å². The van der Waals surface area contributed by atoms with Crippen LogP contribution in [0.1, 0.15) is 12.1 Å². The maximum Gasteiger partial charge on any atom is 0.279 e. The highest BCUT2D eigenvalue weighted by molar-refractivity contribution is 9.10. The lowest BCUT2D eigenvalue weighted by molar-refractivity contribution is 0.145. The molecule has 0 radical (unpaired) electrons. The molecule has 0 amide bonds. The predicted molar refractivity (Wildman–Crippen MR) is 44.7 cm³/mol. The zero-order valence-electron chi connectivity index (χ0n) is 5.57. The molecule has 1 N–H and O–H groups in total. The minimum absolute atomic E-state index is 0.119. The average molecular weight is 258 g/mol. The van der Waals surface area contributed by atoms with E-state index < -0.39 is 17.5 Å². The summed E-state index contributed by atoms with van der Waals surface area (Å²) in [6, 6.07) is 0. The van der Waals surface area contributed by atoms with Crippen LogP contribution in [0, 0.1) is 0 Å². The lowest BCUT2D eigenvalue weighted by atomic mass is 10.3. The Bertz CT molecular complexity index is 352. The van der Waals surface area contributed by atoms with Crippen molar-refractivity contribution in [1.82, 2.24) is 4.98 Å². The number of alkyl halides is 2. The van der Waals surface area contributed by atoms with Crippen LogP contribution in [0.25, 0.3) is 0 Å². The fourth-order valence-corrected chi connectivity index (χ4v) is 1.42. The number of H-pyrrole nitrogens is 1. The van der Waals surface area contributed by atoms with Gasteiger partial charge in [-0.15, -0.1) is 0 Å². The van der Waals surface area contributed by atoms with Gasteiger partial charge in [-0.25, -0.2) is 8.78 Å². The van der Waals surface area contributed by atoms with Gasteiger partial charge in [-0.05, 0) is 15.9 Å². The van der Waals surface area contributed by atoms with E-state index in [1.54, 1.807) is 0 Å². The topological polar surface area (TPSA) is 32.9 Å². The Kier molecular flexibility index (Phi) is 2.85. The van der Waals surface area contributed by atoms with E-state index in [2.05, 4.69) is 20.9 Å². The SMILES string of the molecule is O=c1c(Cl)c[nH]c(C(F)F)c1Br. The van der Waals surface area contributed by atoms with Crippen LogP contribution >= 0.6 is 27.5 Å². The fraction of sp³-hybridized carbons (Fsp3) is 0.167. The van der Waals surface area contributed by atoms with E-state index in [0.717, 1.165) is 6.20 Å². The second kappa shape index (κ2) is 3.53. The lowest BCUT2D eigenvalue weighted by Crippen LogP contribution is -2.08. The quantitative estimate of drug-likeness (QED) is 0.825. The van der Waals surface area contributed by atoms with Gasteiger partial charge < -0.3 is 4.98 Å². The summed E-state index contributed by atoms with van der Waals surface area (Å²) in [6.45, 7) is 0. The molecule has 66 valence electrons. The average Bonchev–Trinajstić information content (AvgIpc) is 2.00. The third-order valence-electron chi connectivity index (χ3n) is 1.23. The van der Waals surface area contributed by atoms with E-state index in [-0.39, 0.29) is 9.50 Å². The molecule has 0 aliphatic carbocycles. The summed E-state index contributed by atoms with van der Waals surface area (Å²) < 4.78 is 24.0. The normalized spacial score (nSPS) is 10.8. The predicted octanol–water partition coefficient (Wildman–Crippen LogP) is 2.73. The number of aromatic amines is 1. The van der Waals surface area contributed by atoms with Gasteiger partial charge in [-0.3, -0.25) is 4.79 Å². The molecule has 0 bridgehead atoms. The third kappa shape index (κ3) is 1.67. The molecule has 0 spiro atoms. The summed E-state index contributed by atoms with van der Waals surface area (Å²) in [5, 5.41) is -0.119. The van der Waals surface area contributed by atoms with Crippen LogP contribution < -0.4 is 5.43 Å². The van der Waals surface area contributed by atoms with Gasteiger partial charge in [-0.2, -0.15) is 0 Å². The van der Waals surface area contributed by atoms with Crippen molar-refractivity contribution in [2.75, 3.05) is 0 Å². The molecule has 1 rings (SSSR count). The summed E-state index contributed by atoms with van der Waals surface area (Å²) in [5.74, 6) is 0. The van der Waals surface area contributed by atoms with Gasteiger partial charge in [0, 0.05) is 6.20 Å². The van der Waals surface area contributed by atoms with Crippen molar-refractivity contribution >= 4 is 27.5 Å². The van der Waals surface area contributed by atoms with Crippen LogP contribution in [-0.2, 0) is 0 Å². The molecule has 0 aliphatic rings. The van der Waals surface area contributed by atoms with Gasteiger partial charge in [0.1, 0.15) is 10.7 Å². The molecule has 6 heteroatoms. The van der Waals surface area contributed by atoms with Gasteiger partial charge in [0.15, 0.2) is 0 Å². The molecule has 1 aromatic rings. The molecule has 0 aromatic carbocycles. The van der Waals surface area contributed by atoms with Crippen molar-refractivity contribution < 1.29 is 8.78 Å². The minimum Gasteiger partial charge on any atom is -0.358 e. The molecule has 2 nitrogen and oxygen atoms in total. The summed E-state index contributed by atoms with van der Waals surface area (Å²) in [4.78, 5) is 13.2. The molecule has 0 unspecified atom stereocenters. The first-order valence-corrected chi connectivity index (χ1v) is 4.06. The van der Waals surface area contributed by atoms with E-state index >= 15 is 0 Å². The second-order valence-corrected chi connectivity index (χ2v) is 3.19. The lowest BCUT2D eigenvalue weighted by Gasteiger charge is -2.01. The van der Waals surface area contributed by atoms with E-state index in [9.17, 15) is 13.6 Å². The van der Waals surface area contributed by atoms with Gasteiger partial charge in [0.05, 0.1) is 4.47 Å². The number of rotatable bonds is 1. The Morgan fingerprint density at radius 2 is 2.17 bits per heavy atom. The van der Waals surface area contributed by atoms with Gasteiger partial charge in [0.25, 0.3) is 6.43 Å². The number of aromatic nitrogens is 1. The zero-order chi connectivity index (χ0) is 9.30. The first-order valence-electron chi connectivity index (χ1n) is 2.88. The molecular weight excluding hydrogens is 255 g/mol. The van der Waals surface area contributed by atoms with Crippen molar-refractivity contribution in [3.8, 4) is 0 Å². The number of halogens is 4. The molecule has 0 saturated carbocycles. The standard InChI is InChI=1S/C6H3BrClF2NO/c7-3-4(6(9)10)11-1-2(8)5(3)12/h1,6H,(H,11,12). The first kappa shape index (κ1) is 9.67. The van der Waals surface area contributed by atoms with Crippen LogP contribution in [0.4, 0.5) is 8.78 Å². The molecule has 0 saturated heterocycles. The molecular formula is C6H3BrClF2NO. The van der Waals surface area contributed by atoms with E-state index in [1.165, 1.54) is 0 Å². The third-order valence-corrected chi connectivity index (χ3v) is 2.29. The molecule has 1 aromatic heterocycles. The molecule has 12 heavy (non-hydrogen) atoms. The summed E-state index contributed by atoms with van der Waals surface area (Å²) >= 11 is 8.10. The number of hydrogen-bond acceptors (Lipinski definition) is 1. The van der Waals surface area contributed by atoms with Crippen molar-refractivity contribution in [3.05, 3.63) is 31.6 Å². The Morgan fingerprint density at radius 1 is 1.58 bits per heavy atom. The highest BCUT2D eigenvalue weighted by atomic mass is 79.9. The van der Waals surface area contributed by atoms with Crippen LogP contribution in [-0.4, -0.2) is 4.98 Å². The van der Waals surface area contributed by atoms with Crippen molar-refractivity contribution in [1.29, 1.82) is 0 Å². The highest BCUT2D eigenvalue weighted by Gasteiger charge is 2.15. The summed E-state index contributed by atoms with van der Waals surface area (Å²) in [5.41, 5.74) is -1.09. The number of pyridine rings is 1. The highest BCUT2D eigenvalue weighted by Crippen LogP contribution is 2.23. The first-order chi connectivity index (χ1) is 5.54. The Balaban J connectivity index is 3.37. The van der Waals surface area contributed by atoms with Gasteiger partial charge >= 0.3 is 0 Å². The van der Waals surface area contributed by atoms with E-state index in [1.807, 2.05) is 0 Å². The van der Waals surface area contributed by atoms with Crippen LogP contribution in [0.5, 0.6) is 0 Å². The van der Waals surface area contributed by atoms with Crippen LogP contribution in [0.15, 0.2) is 15.5 Å². The van der Waals surface area contributed by atoms with Crippen molar-refractivity contribution in [2.24, 2.45) is 0 Å². The van der Waals surface area contributed by atoms with Crippen molar-refractivity contribution in [2.45, 2.75) is 6.43 Å². The minimum atomic E-state index is -2.72. The molecule has 0 fully saturated rings. The molecule has 1 heterocycles. The maximum absolute atomic E-state index is 12.1. The molecule has 0 aliphatic heterocycles. The Labute approximate surface area is 79.7 Å². The maximum atomic E-state index is 12.1. The van der Waals surface area contributed by atoms with Crippen LogP contribution in [0.3, 0.4) is 0 Å². The second-order valence-electron chi connectivity index (χ2n) is 1.99. The number of hydrogen-bond donors (Lipinski definition) is 1. The zero-order valence-corrected chi connectivity index (χ0v) is 7.92. The largest absolute Gasteiger partial charge is 0.358 e. The monoisotopic (exact) mass is 257 g/mol. The number of nitrogens with one attached hydrogen (secondary N) is 1. The van der Waals surface area contributed by atoms with Crippen LogP contribution in [0.2, 0.25) is 5.02 Å². The van der Waals surface area contributed by atoms with Gasteiger partial charge in [-0.1, -0.05) is 11.6 Å². The van der Waals surface area contributed by atoms with Crippen molar-refractivity contribution in [3.63, 3.8) is 0 Å². The summed E-state index contributed by atoms with van der Waals surface area (Å²) in [6.07, 6.45) is -1.68. The summed E-state index contributed by atoms with van der Waals surface area (Å²) in [7, 11) is 0. The smallest absolute Gasteiger partial charge is 0.279 e. The molecule has 0 atom stereocenters. The van der Waals surface area contributed by atoms with E-state index in [4.69, 9.17) is 11.6 Å². The van der Waals surface area contributed by atoms with Gasteiger partial charge in [0.2, 0.25) is 5.43 Å². The Hall–Kier alpha value is -0.420. The fourth-order valence-electron chi connectivity index (χ4n) is 0.656.